The molecule has 0 fully saturated rings. The first-order chi connectivity index (χ1) is 10.6. The van der Waals surface area contributed by atoms with Crippen molar-refractivity contribution in [2.24, 2.45) is 7.05 Å². The summed E-state index contributed by atoms with van der Waals surface area (Å²) >= 11 is 0. The van der Waals surface area contributed by atoms with Crippen LogP contribution in [0.3, 0.4) is 0 Å². The SMILES string of the molecule is CC.Cc1ccc(-n2c(=O)c3cccnc3n(C)c2=O)cn1. The van der Waals surface area contributed by atoms with Crippen LogP contribution in [0, 0.1) is 6.92 Å². The van der Waals surface area contributed by atoms with Crippen molar-refractivity contribution in [1.29, 1.82) is 0 Å². The van der Waals surface area contributed by atoms with E-state index in [1.165, 1.54) is 10.8 Å². The minimum absolute atomic E-state index is 0.374. The molecule has 0 radical (unpaired) electrons. The number of hydrogen-bond acceptors (Lipinski definition) is 4. The molecule has 0 bridgehead atoms. The van der Waals surface area contributed by atoms with E-state index in [9.17, 15) is 9.59 Å². The van der Waals surface area contributed by atoms with Gasteiger partial charge in [-0.05, 0) is 31.2 Å². The van der Waals surface area contributed by atoms with Gasteiger partial charge in [-0.2, -0.15) is 0 Å². The van der Waals surface area contributed by atoms with Crippen LogP contribution in [-0.4, -0.2) is 19.1 Å². The molecule has 0 N–H and O–H groups in total. The Bertz CT molecular complexity index is 908. The summed E-state index contributed by atoms with van der Waals surface area (Å²) in [5.41, 5.74) is 0.820. The van der Waals surface area contributed by atoms with E-state index >= 15 is 0 Å². The van der Waals surface area contributed by atoms with Gasteiger partial charge < -0.3 is 0 Å². The normalized spacial score (nSPS) is 10.2. The summed E-state index contributed by atoms with van der Waals surface area (Å²) in [6, 6.07) is 6.79. The van der Waals surface area contributed by atoms with Gasteiger partial charge in [-0.1, -0.05) is 13.8 Å². The van der Waals surface area contributed by atoms with Gasteiger partial charge >= 0.3 is 5.69 Å². The fourth-order valence-electron chi connectivity index (χ4n) is 2.10. The molecule has 6 nitrogen and oxygen atoms in total. The van der Waals surface area contributed by atoms with Gasteiger partial charge in [-0.3, -0.25) is 14.3 Å². The van der Waals surface area contributed by atoms with Gasteiger partial charge in [-0.15, -0.1) is 0 Å². The molecule has 0 aromatic carbocycles. The molecule has 3 aromatic rings. The summed E-state index contributed by atoms with van der Waals surface area (Å²) in [5, 5.41) is 0.398. The Balaban J connectivity index is 0.000000847. The summed E-state index contributed by atoms with van der Waals surface area (Å²) in [6.07, 6.45) is 3.07. The van der Waals surface area contributed by atoms with Crippen molar-refractivity contribution < 1.29 is 0 Å². The number of rotatable bonds is 1. The van der Waals surface area contributed by atoms with Gasteiger partial charge in [0.05, 0.1) is 17.3 Å². The van der Waals surface area contributed by atoms with E-state index in [0.717, 1.165) is 10.3 Å². The molecular formula is C16H18N4O2. The first-order valence-corrected chi connectivity index (χ1v) is 7.09. The molecule has 114 valence electrons. The molecule has 0 spiro atoms. The van der Waals surface area contributed by atoms with Gasteiger partial charge in [0.15, 0.2) is 0 Å². The number of hydrogen-bond donors (Lipinski definition) is 0. The number of fused-ring (bicyclic) bond motifs is 1. The highest BCUT2D eigenvalue weighted by atomic mass is 16.2. The van der Waals surface area contributed by atoms with Crippen LogP contribution in [0.4, 0.5) is 0 Å². The lowest BCUT2D eigenvalue weighted by Gasteiger charge is -2.09. The third-order valence-electron chi connectivity index (χ3n) is 3.17. The lowest BCUT2D eigenvalue weighted by atomic mass is 10.3. The Labute approximate surface area is 127 Å². The molecule has 0 atom stereocenters. The van der Waals surface area contributed by atoms with Gasteiger partial charge in [0.25, 0.3) is 5.56 Å². The maximum Gasteiger partial charge on any atom is 0.337 e. The van der Waals surface area contributed by atoms with Crippen molar-refractivity contribution in [2.45, 2.75) is 20.8 Å². The van der Waals surface area contributed by atoms with Crippen LogP contribution >= 0.6 is 0 Å². The first-order valence-electron chi connectivity index (χ1n) is 7.09. The van der Waals surface area contributed by atoms with Crippen LogP contribution in [0.15, 0.2) is 46.2 Å². The Morgan fingerprint density at radius 3 is 2.41 bits per heavy atom. The third kappa shape index (κ3) is 2.55. The molecule has 0 aliphatic heterocycles. The largest absolute Gasteiger partial charge is 0.337 e. The molecule has 6 heteroatoms. The Kier molecular flexibility index (Phi) is 4.50. The Morgan fingerprint density at radius 1 is 1.05 bits per heavy atom. The minimum Gasteiger partial charge on any atom is -0.280 e. The van der Waals surface area contributed by atoms with Gasteiger partial charge in [0.2, 0.25) is 0 Å². The molecule has 0 unspecified atom stereocenters. The second kappa shape index (κ2) is 6.34. The zero-order valence-corrected chi connectivity index (χ0v) is 13.1. The van der Waals surface area contributed by atoms with Crippen molar-refractivity contribution in [3.05, 3.63) is 63.2 Å². The summed E-state index contributed by atoms with van der Waals surface area (Å²) in [5.74, 6) is 0. The fraction of sp³-hybridized carbons (Fsp3) is 0.250. The highest BCUT2D eigenvalue weighted by molar-refractivity contribution is 5.73. The number of aryl methyl sites for hydroxylation is 2. The van der Waals surface area contributed by atoms with Crippen molar-refractivity contribution >= 4 is 11.0 Å². The summed E-state index contributed by atoms with van der Waals surface area (Å²) in [6.45, 7) is 5.84. The van der Waals surface area contributed by atoms with E-state index in [2.05, 4.69) is 9.97 Å². The Hall–Kier alpha value is -2.76. The number of aromatic nitrogens is 4. The topological polar surface area (TPSA) is 69.8 Å². The minimum atomic E-state index is -0.438. The standard InChI is InChI=1S/C14H12N4O2.C2H6/c1-9-5-6-10(8-16-9)18-13(19)11-4-3-7-15-12(11)17(2)14(18)20;1-2/h3-8H,1-2H3;1-2H3. The van der Waals surface area contributed by atoms with E-state index in [1.807, 2.05) is 20.8 Å². The first kappa shape index (κ1) is 15.6. The molecule has 3 heterocycles. The van der Waals surface area contributed by atoms with Gasteiger partial charge in [0, 0.05) is 18.9 Å². The smallest absolute Gasteiger partial charge is 0.280 e. The second-order valence-electron chi connectivity index (χ2n) is 4.51. The Morgan fingerprint density at radius 2 is 1.77 bits per heavy atom. The van der Waals surface area contributed by atoms with E-state index in [4.69, 9.17) is 0 Å². The maximum atomic E-state index is 12.5. The number of nitrogens with zero attached hydrogens (tertiary/aromatic N) is 4. The van der Waals surface area contributed by atoms with E-state index in [0.29, 0.717) is 16.7 Å². The average molecular weight is 298 g/mol. The van der Waals surface area contributed by atoms with E-state index in [1.54, 1.807) is 37.5 Å². The van der Waals surface area contributed by atoms with Crippen LogP contribution in [0.1, 0.15) is 19.5 Å². The number of pyridine rings is 2. The lowest BCUT2D eigenvalue weighted by molar-refractivity contribution is 0.762. The van der Waals surface area contributed by atoms with Crippen LogP contribution in [0.25, 0.3) is 16.7 Å². The molecule has 0 saturated heterocycles. The highest BCUT2D eigenvalue weighted by Crippen LogP contribution is 2.06. The molecule has 22 heavy (non-hydrogen) atoms. The second-order valence-corrected chi connectivity index (χ2v) is 4.51. The predicted octanol–water partition coefficient (Wildman–Crippen LogP) is 1.81. The summed E-state index contributed by atoms with van der Waals surface area (Å²) < 4.78 is 2.47. The van der Waals surface area contributed by atoms with E-state index < -0.39 is 5.69 Å². The van der Waals surface area contributed by atoms with Crippen molar-refractivity contribution in [3.8, 4) is 5.69 Å². The third-order valence-corrected chi connectivity index (χ3v) is 3.17. The summed E-state index contributed by atoms with van der Waals surface area (Å²) in [4.78, 5) is 33.0. The molecular weight excluding hydrogens is 280 g/mol. The van der Waals surface area contributed by atoms with E-state index in [-0.39, 0.29) is 5.56 Å². The van der Waals surface area contributed by atoms with Gasteiger partial charge in [0.1, 0.15) is 5.65 Å². The van der Waals surface area contributed by atoms with Crippen LogP contribution < -0.4 is 11.2 Å². The predicted molar refractivity (Wildman–Crippen MR) is 86.5 cm³/mol. The molecule has 0 amide bonds. The molecule has 3 rings (SSSR count). The average Bonchev–Trinajstić information content (AvgIpc) is 2.56. The quantitative estimate of drug-likeness (QED) is 0.687. The van der Waals surface area contributed by atoms with Gasteiger partial charge in [-0.25, -0.2) is 14.3 Å². The lowest BCUT2D eigenvalue weighted by Crippen LogP contribution is -2.38. The maximum absolute atomic E-state index is 12.5. The highest BCUT2D eigenvalue weighted by Gasteiger charge is 2.12. The van der Waals surface area contributed by atoms with Crippen LogP contribution in [-0.2, 0) is 7.05 Å². The molecule has 3 aromatic heterocycles. The molecule has 0 saturated carbocycles. The summed E-state index contributed by atoms with van der Waals surface area (Å²) in [7, 11) is 1.59. The van der Waals surface area contributed by atoms with Crippen LogP contribution in [0.2, 0.25) is 0 Å². The van der Waals surface area contributed by atoms with Crippen LogP contribution in [0.5, 0.6) is 0 Å². The molecule has 0 aliphatic carbocycles. The monoisotopic (exact) mass is 298 g/mol. The van der Waals surface area contributed by atoms with Crippen molar-refractivity contribution in [1.82, 2.24) is 19.1 Å². The van der Waals surface area contributed by atoms with Crippen molar-refractivity contribution in [3.63, 3.8) is 0 Å². The zero-order chi connectivity index (χ0) is 16.3. The zero-order valence-electron chi connectivity index (χ0n) is 13.1. The molecule has 0 aliphatic rings. The van der Waals surface area contributed by atoms with Crippen molar-refractivity contribution in [2.75, 3.05) is 0 Å². The fourth-order valence-corrected chi connectivity index (χ4v) is 2.10.